The molecule has 0 spiro atoms. The van der Waals surface area contributed by atoms with Crippen LogP contribution < -0.4 is 10.6 Å². The summed E-state index contributed by atoms with van der Waals surface area (Å²) in [5.41, 5.74) is 1.63. The maximum Gasteiger partial charge on any atom is 0.335 e. The minimum atomic E-state index is -1.01. The van der Waals surface area contributed by atoms with Gasteiger partial charge >= 0.3 is 5.97 Å². The molecule has 1 heterocycles. The number of aromatic carboxylic acids is 1. The molecular weight excluding hydrogens is 349 g/mol. The maximum absolute atomic E-state index is 14.5. The van der Waals surface area contributed by atoms with Crippen molar-refractivity contribution in [3.63, 3.8) is 0 Å². The second-order valence-electron chi connectivity index (χ2n) is 5.98. The monoisotopic (exact) mass is 367 g/mol. The molecule has 0 atom stereocenters. The topological polar surface area (TPSA) is 91.3 Å². The molecule has 1 amide bonds. The van der Waals surface area contributed by atoms with Gasteiger partial charge in [-0.1, -0.05) is 24.3 Å². The van der Waals surface area contributed by atoms with Crippen LogP contribution in [0.3, 0.4) is 0 Å². The summed E-state index contributed by atoms with van der Waals surface area (Å²) in [5, 5.41) is 15.7. The smallest absolute Gasteiger partial charge is 0.335 e. The summed E-state index contributed by atoms with van der Waals surface area (Å²) in [5.74, 6) is -1.17. The largest absolute Gasteiger partial charge is 0.478 e. The van der Waals surface area contributed by atoms with Gasteiger partial charge in [0.2, 0.25) is 5.91 Å². The molecule has 2 aromatic carbocycles. The van der Waals surface area contributed by atoms with Crippen molar-refractivity contribution in [1.29, 1.82) is 0 Å². The fourth-order valence-corrected chi connectivity index (χ4v) is 2.83. The number of halogens is 1. The lowest BCUT2D eigenvalue weighted by Gasteiger charge is -2.13. The van der Waals surface area contributed by atoms with E-state index in [2.05, 4.69) is 15.6 Å². The average molecular weight is 367 g/mol. The SMILES string of the molecule is CC(=O)NCCNc1ncc(-c2ccc(C(=O)O)cc2)c2cccc(F)c12. The fraction of sp³-hybridized carbons (Fsp3) is 0.150. The minimum Gasteiger partial charge on any atom is -0.478 e. The van der Waals surface area contributed by atoms with Crippen LogP contribution in [0.5, 0.6) is 0 Å². The lowest BCUT2D eigenvalue weighted by molar-refractivity contribution is -0.118. The number of carboxylic acids is 1. The van der Waals surface area contributed by atoms with Gasteiger partial charge in [-0.25, -0.2) is 14.2 Å². The number of carbonyl (C=O) groups is 2. The van der Waals surface area contributed by atoms with E-state index in [1.807, 2.05) is 0 Å². The first-order valence-corrected chi connectivity index (χ1v) is 8.36. The molecule has 0 aliphatic carbocycles. The van der Waals surface area contributed by atoms with E-state index in [9.17, 15) is 14.0 Å². The van der Waals surface area contributed by atoms with Gasteiger partial charge in [0.1, 0.15) is 11.6 Å². The predicted molar refractivity (Wildman–Crippen MR) is 101 cm³/mol. The highest BCUT2D eigenvalue weighted by Gasteiger charge is 2.13. The Morgan fingerprint density at radius 3 is 2.52 bits per heavy atom. The Morgan fingerprint density at radius 1 is 1.11 bits per heavy atom. The number of hydrogen-bond acceptors (Lipinski definition) is 4. The molecule has 6 nitrogen and oxygen atoms in total. The van der Waals surface area contributed by atoms with Crippen molar-refractivity contribution in [1.82, 2.24) is 10.3 Å². The highest BCUT2D eigenvalue weighted by molar-refractivity contribution is 6.02. The third kappa shape index (κ3) is 4.03. The zero-order chi connectivity index (χ0) is 19.4. The van der Waals surface area contributed by atoms with Crippen molar-refractivity contribution < 1.29 is 19.1 Å². The summed E-state index contributed by atoms with van der Waals surface area (Å²) in [6, 6.07) is 11.1. The van der Waals surface area contributed by atoms with Crippen LogP contribution in [0, 0.1) is 5.82 Å². The van der Waals surface area contributed by atoms with Crippen LogP contribution in [0.15, 0.2) is 48.7 Å². The summed E-state index contributed by atoms with van der Waals surface area (Å²) >= 11 is 0. The lowest BCUT2D eigenvalue weighted by Crippen LogP contribution is -2.26. The summed E-state index contributed by atoms with van der Waals surface area (Å²) in [6.45, 7) is 2.23. The molecule has 0 aliphatic rings. The molecule has 7 heteroatoms. The molecule has 0 saturated heterocycles. The number of anilines is 1. The van der Waals surface area contributed by atoms with E-state index >= 15 is 0 Å². The zero-order valence-corrected chi connectivity index (χ0v) is 14.6. The van der Waals surface area contributed by atoms with Gasteiger partial charge in [-0.2, -0.15) is 0 Å². The fourth-order valence-electron chi connectivity index (χ4n) is 2.83. The van der Waals surface area contributed by atoms with Crippen molar-refractivity contribution in [2.24, 2.45) is 0 Å². The Balaban J connectivity index is 1.98. The highest BCUT2D eigenvalue weighted by atomic mass is 19.1. The molecular formula is C20H18FN3O3. The van der Waals surface area contributed by atoms with Gasteiger partial charge in [-0.3, -0.25) is 4.79 Å². The molecule has 0 bridgehead atoms. The molecule has 0 saturated carbocycles. The van der Waals surface area contributed by atoms with Gasteiger partial charge in [0.15, 0.2) is 0 Å². The number of aromatic nitrogens is 1. The average Bonchev–Trinajstić information content (AvgIpc) is 2.65. The third-order valence-electron chi connectivity index (χ3n) is 4.10. The van der Waals surface area contributed by atoms with Crippen molar-refractivity contribution >= 4 is 28.5 Å². The Hall–Kier alpha value is -3.48. The van der Waals surface area contributed by atoms with Crippen molar-refractivity contribution in [3.8, 4) is 11.1 Å². The van der Waals surface area contributed by atoms with Crippen LogP contribution in [0.1, 0.15) is 17.3 Å². The van der Waals surface area contributed by atoms with Crippen LogP contribution in [0.25, 0.3) is 21.9 Å². The van der Waals surface area contributed by atoms with Crippen LogP contribution in [0.2, 0.25) is 0 Å². The molecule has 1 aromatic heterocycles. The Labute approximate surface area is 155 Å². The maximum atomic E-state index is 14.5. The molecule has 3 rings (SSSR count). The first-order chi connectivity index (χ1) is 13.0. The number of nitrogens with zero attached hydrogens (tertiary/aromatic N) is 1. The van der Waals surface area contributed by atoms with Gasteiger partial charge in [0.05, 0.1) is 10.9 Å². The molecule has 27 heavy (non-hydrogen) atoms. The normalized spacial score (nSPS) is 10.6. The second kappa shape index (κ2) is 7.82. The van der Waals surface area contributed by atoms with Crippen LogP contribution in [-0.2, 0) is 4.79 Å². The Morgan fingerprint density at radius 2 is 1.85 bits per heavy atom. The van der Waals surface area contributed by atoms with E-state index in [-0.39, 0.29) is 11.5 Å². The number of rotatable bonds is 6. The molecule has 0 fully saturated rings. The number of fused-ring (bicyclic) bond motifs is 1. The van der Waals surface area contributed by atoms with E-state index in [1.54, 1.807) is 30.5 Å². The summed E-state index contributed by atoms with van der Waals surface area (Å²) in [7, 11) is 0. The van der Waals surface area contributed by atoms with Gasteiger partial charge in [0.25, 0.3) is 0 Å². The summed E-state index contributed by atoms with van der Waals surface area (Å²) in [6.07, 6.45) is 1.62. The Kier molecular flexibility index (Phi) is 5.30. The quantitative estimate of drug-likeness (QED) is 0.582. The molecule has 0 aliphatic heterocycles. The van der Waals surface area contributed by atoms with Crippen LogP contribution >= 0.6 is 0 Å². The van der Waals surface area contributed by atoms with E-state index in [1.165, 1.54) is 25.1 Å². The number of carbonyl (C=O) groups excluding carboxylic acids is 1. The lowest BCUT2D eigenvalue weighted by atomic mass is 9.99. The van der Waals surface area contributed by atoms with Crippen molar-refractivity contribution in [2.75, 3.05) is 18.4 Å². The number of carboxylic acid groups (broad SMARTS) is 1. The van der Waals surface area contributed by atoms with Gasteiger partial charge in [0, 0.05) is 31.8 Å². The number of pyridine rings is 1. The van der Waals surface area contributed by atoms with Gasteiger partial charge in [-0.05, 0) is 29.1 Å². The standard InChI is InChI=1S/C20H18FN3O3/c1-12(25)22-9-10-23-19-18-15(3-2-4-17(18)21)16(11-24-19)13-5-7-14(8-6-13)20(26)27/h2-8,11H,9-10H2,1H3,(H,22,25)(H,23,24)(H,26,27). The van der Waals surface area contributed by atoms with Crippen LogP contribution in [-0.4, -0.2) is 35.1 Å². The van der Waals surface area contributed by atoms with Gasteiger partial charge < -0.3 is 15.7 Å². The van der Waals surface area contributed by atoms with E-state index in [0.717, 1.165) is 5.56 Å². The third-order valence-corrected chi connectivity index (χ3v) is 4.10. The number of hydrogen-bond donors (Lipinski definition) is 3. The van der Waals surface area contributed by atoms with E-state index in [4.69, 9.17) is 5.11 Å². The summed E-state index contributed by atoms with van der Waals surface area (Å²) < 4.78 is 14.5. The molecule has 138 valence electrons. The first kappa shape index (κ1) is 18.3. The zero-order valence-electron chi connectivity index (χ0n) is 14.6. The number of nitrogens with one attached hydrogen (secondary N) is 2. The molecule has 0 unspecified atom stereocenters. The predicted octanol–water partition coefficient (Wildman–Crippen LogP) is 3.29. The molecule has 0 radical (unpaired) electrons. The Bertz CT molecular complexity index is 1000. The molecule has 3 N–H and O–H groups in total. The summed E-state index contributed by atoms with van der Waals surface area (Å²) in [4.78, 5) is 26.3. The molecule has 3 aromatic rings. The second-order valence-corrected chi connectivity index (χ2v) is 5.98. The minimum absolute atomic E-state index is 0.138. The van der Waals surface area contributed by atoms with Gasteiger partial charge in [-0.15, -0.1) is 0 Å². The van der Waals surface area contributed by atoms with E-state index in [0.29, 0.717) is 35.2 Å². The van der Waals surface area contributed by atoms with E-state index < -0.39 is 11.8 Å². The number of benzene rings is 2. The number of amides is 1. The van der Waals surface area contributed by atoms with Crippen molar-refractivity contribution in [2.45, 2.75) is 6.92 Å². The van der Waals surface area contributed by atoms with Crippen molar-refractivity contribution in [3.05, 3.63) is 60.0 Å². The first-order valence-electron chi connectivity index (χ1n) is 8.36. The highest BCUT2D eigenvalue weighted by Crippen LogP contribution is 2.33. The van der Waals surface area contributed by atoms with Crippen LogP contribution in [0.4, 0.5) is 10.2 Å².